The summed E-state index contributed by atoms with van der Waals surface area (Å²) in [6.07, 6.45) is 2.15. The van der Waals surface area contributed by atoms with E-state index < -0.39 is 0 Å². The van der Waals surface area contributed by atoms with Crippen molar-refractivity contribution >= 4 is 17.4 Å². The molecule has 1 saturated heterocycles. The van der Waals surface area contributed by atoms with Crippen LogP contribution in [0, 0.1) is 13.8 Å². The van der Waals surface area contributed by atoms with Gasteiger partial charge >= 0.3 is 0 Å². The van der Waals surface area contributed by atoms with Gasteiger partial charge in [-0.1, -0.05) is 12.1 Å². The molecular weight excluding hydrogens is 326 g/mol. The van der Waals surface area contributed by atoms with Crippen molar-refractivity contribution in [2.24, 2.45) is 0 Å². The highest BCUT2D eigenvalue weighted by Gasteiger charge is 2.25. The summed E-state index contributed by atoms with van der Waals surface area (Å²) in [6, 6.07) is 10.8. The summed E-state index contributed by atoms with van der Waals surface area (Å²) in [7, 11) is 0. The van der Waals surface area contributed by atoms with Crippen LogP contribution >= 0.6 is 0 Å². The average Bonchev–Trinajstić information content (AvgIpc) is 3.45. The number of aryl methyl sites for hydroxylation is 2. The van der Waals surface area contributed by atoms with Crippen LogP contribution in [0.1, 0.15) is 34.7 Å². The van der Waals surface area contributed by atoms with Gasteiger partial charge in [-0.3, -0.25) is 4.79 Å². The maximum absolute atomic E-state index is 12.3. The molecule has 1 aromatic carbocycles. The smallest absolute Gasteiger partial charge is 0.270 e. The minimum absolute atomic E-state index is 0.0855. The van der Waals surface area contributed by atoms with Gasteiger partial charge < -0.3 is 15.1 Å². The van der Waals surface area contributed by atoms with Crippen LogP contribution in [0.5, 0.6) is 0 Å². The number of rotatable bonds is 4. The Hall–Kier alpha value is -2.63. The fourth-order valence-electron chi connectivity index (χ4n) is 3.34. The zero-order valence-corrected chi connectivity index (χ0v) is 15.4. The van der Waals surface area contributed by atoms with E-state index in [0.29, 0.717) is 17.6 Å². The van der Waals surface area contributed by atoms with E-state index in [2.05, 4.69) is 56.3 Å². The van der Waals surface area contributed by atoms with E-state index in [9.17, 15) is 4.79 Å². The minimum atomic E-state index is -0.0855. The van der Waals surface area contributed by atoms with Crippen LogP contribution in [0.15, 0.2) is 30.3 Å². The Morgan fingerprint density at radius 2 is 1.77 bits per heavy atom. The van der Waals surface area contributed by atoms with E-state index in [0.717, 1.165) is 44.8 Å². The van der Waals surface area contributed by atoms with E-state index in [-0.39, 0.29) is 5.91 Å². The lowest BCUT2D eigenvalue weighted by atomic mass is 10.2. The molecule has 2 aromatic rings. The normalized spacial score (nSPS) is 17.3. The van der Waals surface area contributed by atoms with Gasteiger partial charge in [0.2, 0.25) is 0 Å². The quantitative estimate of drug-likeness (QED) is 0.916. The third-order valence-corrected chi connectivity index (χ3v) is 4.94. The van der Waals surface area contributed by atoms with Crippen molar-refractivity contribution in [2.45, 2.75) is 32.7 Å². The molecule has 2 heterocycles. The fourth-order valence-corrected chi connectivity index (χ4v) is 3.34. The average molecular weight is 351 g/mol. The second kappa shape index (κ2) is 6.94. The molecule has 2 aliphatic rings. The molecule has 1 N–H and O–H groups in total. The Labute approximate surface area is 154 Å². The second-order valence-electron chi connectivity index (χ2n) is 7.22. The Morgan fingerprint density at radius 3 is 2.46 bits per heavy atom. The van der Waals surface area contributed by atoms with Gasteiger partial charge in [0, 0.05) is 44.0 Å². The highest BCUT2D eigenvalue weighted by molar-refractivity contribution is 5.93. The number of anilines is 2. The summed E-state index contributed by atoms with van der Waals surface area (Å²) in [5.74, 6) is 1.41. The number of benzene rings is 1. The fraction of sp³-hybridized carbons (Fsp3) is 0.450. The number of carbonyl (C=O) groups is 1. The molecular formula is C20H25N5O. The van der Waals surface area contributed by atoms with Crippen molar-refractivity contribution in [3.63, 3.8) is 0 Å². The van der Waals surface area contributed by atoms with Crippen LogP contribution in [0.3, 0.4) is 0 Å². The molecule has 1 saturated carbocycles. The van der Waals surface area contributed by atoms with Crippen LogP contribution in [0.4, 0.5) is 11.5 Å². The van der Waals surface area contributed by atoms with E-state index >= 15 is 0 Å². The summed E-state index contributed by atoms with van der Waals surface area (Å²) in [6.45, 7) is 7.62. The Balaban J connectivity index is 1.45. The molecule has 0 atom stereocenters. The van der Waals surface area contributed by atoms with Crippen LogP contribution in [0.25, 0.3) is 0 Å². The molecule has 1 amide bonds. The van der Waals surface area contributed by atoms with Crippen molar-refractivity contribution in [3.8, 4) is 0 Å². The van der Waals surface area contributed by atoms with E-state index in [1.165, 1.54) is 11.3 Å². The van der Waals surface area contributed by atoms with Crippen LogP contribution in [-0.4, -0.2) is 48.1 Å². The first-order chi connectivity index (χ1) is 12.6. The molecule has 0 unspecified atom stereocenters. The molecule has 136 valence electrons. The maximum atomic E-state index is 12.3. The van der Waals surface area contributed by atoms with Gasteiger partial charge in [0.25, 0.3) is 5.91 Å². The first-order valence-electron chi connectivity index (χ1n) is 9.31. The molecule has 26 heavy (non-hydrogen) atoms. The number of amides is 1. The summed E-state index contributed by atoms with van der Waals surface area (Å²) < 4.78 is 0. The topological polar surface area (TPSA) is 61.4 Å². The molecule has 1 aliphatic carbocycles. The lowest BCUT2D eigenvalue weighted by Gasteiger charge is -2.37. The van der Waals surface area contributed by atoms with Crippen molar-refractivity contribution in [2.75, 3.05) is 36.0 Å². The first-order valence-corrected chi connectivity index (χ1v) is 9.31. The Kier molecular flexibility index (Phi) is 4.49. The third-order valence-electron chi connectivity index (χ3n) is 4.94. The largest absolute Gasteiger partial charge is 0.368 e. The maximum Gasteiger partial charge on any atom is 0.270 e. The van der Waals surface area contributed by atoms with Crippen molar-refractivity contribution in [3.05, 3.63) is 47.4 Å². The summed E-state index contributed by atoms with van der Waals surface area (Å²) in [5, 5.41) is 3.01. The number of piperazine rings is 1. The van der Waals surface area contributed by atoms with Crippen LogP contribution in [-0.2, 0) is 0 Å². The van der Waals surface area contributed by atoms with Gasteiger partial charge in [0.15, 0.2) is 0 Å². The highest BCUT2D eigenvalue weighted by Crippen LogP contribution is 2.22. The predicted molar refractivity (Wildman–Crippen MR) is 103 cm³/mol. The summed E-state index contributed by atoms with van der Waals surface area (Å²) in [4.78, 5) is 25.9. The number of aromatic nitrogens is 2. The third kappa shape index (κ3) is 3.79. The monoisotopic (exact) mass is 351 g/mol. The Bertz CT molecular complexity index is 810. The molecule has 0 spiro atoms. The van der Waals surface area contributed by atoms with E-state index in [4.69, 9.17) is 0 Å². The van der Waals surface area contributed by atoms with Gasteiger partial charge in [-0.15, -0.1) is 0 Å². The molecule has 2 fully saturated rings. The van der Waals surface area contributed by atoms with Gasteiger partial charge in [0.05, 0.1) is 0 Å². The molecule has 1 aliphatic heterocycles. The predicted octanol–water partition coefficient (Wildman–Crippen LogP) is 2.31. The van der Waals surface area contributed by atoms with Crippen LogP contribution in [0.2, 0.25) is 0 Å². The number of nitrogens with zero attached hydrogens (tertiary/aromatic N) is 4. The molecule has 4 rings (SSSR count). The highest BCUT2D eigenvalue weighted by atomic mass is 16.2. The standard InChI is InChI=1S/C20H25N5O/c1-14-4-3-5-17(12-14)24-8-10-25(11-9-24)19-13-18(21-15(2)22-19)20(26)23-16-6-7-16/h3-5,12-13,16H,6-11H2,1-2H3,(H,23,26). The number of carbonyl (C=O) groups excluding carboxylic acids is 1. The zero-order valence-electron chi connectivity index (χ0n) is 15.4. The lowest BCUT2D eigenvalue weighted by Crippen LogP contribution is -2.47. The number of hydrogen-bond acceptors (Lipinski definition) is 5. The van der Waals surface area contributed by atoms with Gasteiger partial charge in [-0.2, -0.15) is 0 Å². The molecule has 1 aromatic heterocycles. The lowest BCUT2D eigenvalue weighted by molar-refractivity contribution is 0.0945. The molecule has 0 bridgehead atoms. The Morgan fingerprint density at radius 1 is 1.04 bits per heavy atom. The van der Waals surface area contributed by atoms with Gasteiger partial charge in [0.1, 0.15) is 17.3 Å². The van der Waals surface area contributed by atoms with E-state index in [1.807, 2.05) is 13.0 Å². The first kappa shape index (κ1) is 16.8. The molecule has 6 heteroatoms. The zero-order chi connectivity index (χ0) is 18.1. The van der Waals surface area contributed by atoms with Crippen molar-refractivity contribution in [1.82, 2.24) is 15.3 Å². The van der Waals surface area contributed by atoms with E-state index in [1.54, 1.807) is 0 Å². The number of hydrogen-bond donors (Lipinski definition) is 1. The van der Waals surface area contributed by atoms with Crippen LogP contribution < -0.4 is 15.1 Å². The van der Waals surface area contributed by atoms with Crippen molar-refractivity contribution < 1.29 is 4.79 Å². The van der Waals surface area contributed by atoms with Crippen molar-refractivity contribution in [1.29, 1.82) is 0 Å². The molecule has 6 nitrogen and oxygen atoms in total. The SMILES string of the molecule is Cc1cccc(N2CCN(c3cc(C(=O)NC4CC4)nc(C)n3)CC2)c1. The molecule has 0 radical (unpaired) electrons. The second-order valence-corrected chi connectivity index (χ2v) is 7.22. The minimum Gasteiger partial charge on any atom is -0.368 e. The van der Waals surface area contributed by atoms with Gasteiger partial charge in [-0.05, 0) is 44.4 Å². The summed E-state index contributed by atoms with van der Waals surface area (Å²) >= 11 is 0. The van der Waals surface area contributed by atoms with Gasteiger partial charge in [-0.25, -0.2) is 9.97 Å². The number of nitrogens with one attached hydrogen (secondary N) is 1. The summed E-state index contributed by atoms with van der Waals surface area (Å²) in [5.41, 5.74) is 3.02.